The van der Waals surface area contributed by atoms with Crippen LogP contribution in [0.2, 0.25) is 0 Å². The molecule has 2 atom stereocenters. The van der Waals surface area contributed by atoms with E-state index in [1.54, 1.807) is 0 Å². The summed E-state index contributed by atoms with van der Waals surface area (Å²) in [6, 6.07) is 8.60. The van der Waals surface area contributed by atoms with E-state index in [1.165, 1.54) is 11.1 Å². The summed E-state index contributed by atoms with van der Waals surface area (Å²) in [6.07, 6.45) is 2.50. The summed E-state index contributed by atoms with van der Waals surface area (Å²) in [4.78, 5) is 0. The first-order valence-corrected chi connectivity index (χ1v) is 6.97. The number of hydrogen-bond acceptors (Lipinski definition) is 2. The topological polar surface area (TPSA) is 18.5 Å². The van der Waals surface area contributed by atoms with Gasteiger partial charge in [0.05, 0.1) is 12.2 Å². The van der Waals surface area contributed by atoms with Gasteiger partial charge < -0.3 is 9.47 Å². The molecule has 2 nitrogen and oxygen atoms in total. The van der Waals surface area contributed by atoms with E-state index in [2.05, 4.69) is 38.1 Å². The first kappa shape index (κ1) is 15.2. The fourth-order valence-corrected chi connectivity index (χ4v) is 2.26. The second kappa shape index (κ2) is 8.28. The number of ether oxygens (including phenoxy) is 2. The zero-order chi connectivity index (χ0) is 13.4. The van der Waals surface area contributed by atoms with Gasteiger partial charge in [0.1, 0.15) is 0 Å². The van der Waals surface area contributed by atoms with E-state index in [4.69, 9.17) is 9.47 Å². The van der Waals surface area contributed by atoms with Gasteiger partial charge in [-0.1, -0.05) is 24.3 Å². The second-order valence-corrected chi connectivity index (χ2v) is 4.71. The molecule has 0 aromatic heterocycles. The Morgan fingerprint density at radius 1 is 0.833 bits per heavy atom. The summed E-state index contributed by atoms with van der Waals surface area (Å²) in [5.41, 5.74) is 2.76. The molecule has 0 bridgehead atoms. The third-order valence-electron chi connectivity index (χ3n) is 3.04. The highest BCUT2D eigenvalue weighted by atomic mass is 16.5. The van der Waals surface area contributed by atoms with Gasteiger partial charge in [-0.15, -0.1) is 0 Å². The van der Waals surface area contributed by atoms with Crippen LogP contribution in [-0.2, 0) is 22.3 Å². The third kappa shape index (κ3) is 5.19. The van der Waals surface area contributed by atoms with Crippen molar-refractivity contribution in [2.24, 2.45) is 0 Å². The molecule has 0 heterocycles. The van der Waals surface area contributed by atoms with Crippen molar-refractivity contribution in [2.75, 3.05) is 13.2 Å². The van der Waals surface area contributed by atoms with Crippen molar-refractivity contribution < 1.29 is 9.47 Å². The molecule has 0 aliphatic rings. The van der Waals surface area contributed by atoms with E-state index in [0.717, 1.165) is 26.1 Å². The first-order chi connectivity index (χ1) is 8.67. The van der Waals surface area contributed by atoms with Crippen LogP contribution in [-0.4, -0.2) is 25.4 Å². The third-order valence-corrected chi connectivity index (χ3v) is 3.04. The molecule has 1 aromatic rings. The van der Waals surface area contributed by atoms with E-state index >= 15 is 0 Å². The van der Waals surface area contributed by atoms with E-state index in [0.29, 0.717) is 0 Å². The molecule has 102 valence electrons. The molecular weight excluding hydrogens is 224 g/mol. The quantitative estimate of drug-likeness (QED) is 0.701. The average Bonchev–Trinajstić information content (AvgIpc) is 2.32. The number of rotatable bonds is 8. The summed E-state index contributed by atoms with van der Waals surface area (Å²) in [5, 5.41) is 0. The molecule has 0 fully saturated rings. The lowest BCUT2D eigenvalue weighted by Gasteiger charge is -2.17. The fraction of sp³-hybridized carbons (Fsp3) is 0.625. The predicted octanol–water partition coefficient (Wildman–Crippen LogP) is 3.62. The molecule has 0 N–H and O–H groups in total. The minimum absolute atomic E-state index is 0.276. The van der Waals surface area contributed by atoms with Crippen LogP contribution in [0.25, 0.3) is 0 Å². The highest BCUT2D eigenvalue weighted by molar-refractivity contribution is 5.28. The predicted molar refractivity (Wildman–Crippen MR) is 76.0 cm³/mol. The summed E-state index contributed by atoms with van der Waals surface area (Å²) in [5.74, 6) is 0. The summed E-state index contributed by atoms with van der Waals surface area (Å²) >= 11 is 0. The molecule has 2 heteroatoms. The molecule has 0 aliphatic heterocycles. The lowest BCUT2D eigenvalue weighted by atomic mass is 9.98. The zero-order valence-electron chi connectivity index (χ0n) is 12.1. The molecule has 18 heavy (non-hydrogen) atoms. The fourth-order valence-electron chi connectivity index (χ4n) is 2.26. The molecule has 1 rings (SSSR count). The Hall–Kier alpha value is -0.860. The first-order valence-electron chi connectivity index (χ1n) is 6.97. The second-order valence-electron chi connectivity index (χ2n) is 4.71. The molecule has 0 amide bonds. The van der Waals surface area contributed by atoms with Crippen LogP contribution in [0.4, 0.5) is 0 Å². The molecule has 0 radical (unpaired) electrons. The van der Waals surface area contributed by atoms with Crippen LogP contribution in [0.5, 0.6) is 0 Å². The maximum Gasteiger partial charge on any atom is 0.0587 e. The Labute approximate surface area is 111 Å². The van der Waals surface area contributed by atoms with Gasteiger partial charge in [-0.05, 0) is 51.7 Å². The average molecular weight is 250 g/mol. The van der Waals surface area contributed by atoms with Crippen molar-refractivity contribution in [1.29, 1.82) is 0 Å². The van der Waals surface area contributed by atoms with Crippen molar-refractivity contribution in [3.05, 3.63) is 35.4 Å². The Morgan fingerprint density at radius 2 is 1.22 bits per heavy atom. The Morgan fingerprint density at radius 3 is 1.56 bits per heavy atom. The monoisotopic (exact) mass is 250 g/mol. The van der Waals surface area contributed by atoms with Crippen LogP contribution in [0.3, 0.4) is 0 Å². The Kier molecular flexibility index (Phi) is 6.99. The van der Waals surface area contributed by atoms with Gasteiger partial charge in [0.2, 0.25) is 0 Å². The molecule has 1 aromatic carbocycles. The zero-order valence-corrected chi connectivity index (χ0v) is 12.1. The van der Waals surface area contributed by atoms with Gasteiger partial charge in [-0.25, -0.2) is 0 Å². The number of hydrogen-bond donors (Lipinski definition) is 0. The van der Waals surface area contributed by atoms with Crippen LogP contribution < -0.4 is 0 Å². The smallest absolute Gasteiger partial charge is 0.0587 e. The minimum Gasteiger partial charge on any atom is -0.378 e. The lowest BCUT2D eigenvalue weighted by molar-refractivity contribution is 0.0728. The van der Waals surface area contributed by atoms with Gasteiger partial charge >= 0.3 is 0 Å². The van der Waals surface area contributed by atoms with Gasteiger partial charge in [0.25, 0.3) is 0 Å². The van der Waals surface area contributed by atoms with Crippen molar-refractivity contribution in [3.8, 4) is 0 Å². The molecule has 0 saturated heterocycles. The maximum absolute atomic E-state index is 5.62. The Bertz CT molecular complexity index is 303. The van der Waals surface area contributed by atoms with Crippen LogP contribution in [0.15, 0.2) is 24.3 Å². The van der Waals surface area contributed by atoms with E-state index in [-0.39, 0.29) is 12.2 Å². The van der Waals surface area contributed by atoms with Gasteiger partial charge in [0.15, 0.2) is 0 Å². The molecule has 2 unspecified atom stereocenters. The SMILES string of the molecule is CCOC(C)Cc1ccccc1CC(C)OCC. The van der Waals surface area contributed by atoms with Gasteiger partial charge in [0, 0.05) is 13.2 Å². The van der Waals surface area contributed by atoms with E-state index in [1.807, 2.05) is 13.8 Å². The summed E-state index contributed by atoms with van der Waals surface area (Å²) in [7, 11) is 0. The van der Waals surface area contributed by atoms with Crippen molar-refractivity contribution >= 4 is 0 Å². The largest absolute Gasteiger partial charge is 0.378 e. The lowest BCUT2D eigenvalue weighted by Crippen LogP contribution is -2.16. The van der Waals surface area contributed by atoms with Gasteiger partial charge in [-0.3, -0.25) is 0 Å². The van der Waals surface area contributed by atoms with Crippen molar-refractivity contribution in [1.82, 2.24) is 0 Å². The van der Waals surface area contributed by atoms with Crippen LogP contribution in [0, 0.1) is 0 Å². The normalized spacial score (nSPS) is 14.4. The van der Waals surface area contributed by atoms with Crippen LogP contribution in [0.1, 0.15) is 38.8 Å². The van der Waals surface area contributed by atoms with Gasteiger partial charge in [-0.2, -0.15) is 0 Å². The summed E-state index contributed by atoms with van der Waals surface area (Å²) < 4.78 is 11.2. The molecular formula is C16H26O2. The molecule has 0 spiro atoms. The van der Waals surface area contributed by atoms with Crippen molar-refractivity contribution in [2.45, 2.75) is 52.7 Å². The standard InChI is InChI=1S/C16H26O2/c1-5-17-13(3)11-15-9-7-8-10-16(15)12-14(4)18-6-2/h7-10,13-14H,5-6,11-12H2,1-4H3. The minimum atomic E-state index is 0.276. The molecule has 0 saturated carbocycles. The van der Waals surface area contributed by atoms with E-state index < -0.39 is 0 Å². The maximum atomic E-state index is 5.62. The summed E-state index contributed by atoms with van der Waals surface area (Å²) in [6.45, 7) is 9.90. The van der Waals surface area contributed by atoms with Crippen molar-refractivity contribution in [3.63, 3.8) is 0 Å². The highest BCUT2D eigenvalue weighted by Gasteiger charge is 2.10. The Balaban J connectivity index is 2.66. The van der Waals surface area contributed by atoms with E-state index in [9.17, 15) is 0 Å². The number of benzene rings is 1. The highest BCUT2D eigenvalue weighted by Crippen LogP contribution is 2.15. The van der Waals surface area contributed by atoms with Crippen LogP contribution >= 0.6 is 0 Å². The molecule has 0 aliphatic carbocycles.